The molecule has 0 N–H and O–H groups in total. The maximum atomic E-state index is 14.7. The van der Waals surface area contributed by atoms with Gasteiger partial charge in [-0.3, -0.25) is 4.79 Å². The third-order valence-corrected chi connectivity index (χ3v) is 9.93. The number of hydrogen-bond donors (Lipinski definition) is 0. The molecular formula is C26H45FO2. The van der Waals surface area contributed by atoms with Gasteiger partial charge in [0, 0.05) is 6.42 Å². The number of carbonyl (C=O) groups is 1. The smallest absolute Gasteiger partial charge is 0.305 e. The summed E-state index contributed by atoms with van der Waals surface area (Å²) in [5, 5.41) is 0. The second kappa shape index (κ2) is 9.27. The monoisotopic (exact) mass is 408 g/mol. The largest absolute Gasteiger partial charge is 0.469 e. The Morgan fingerprint density at radius 1 is 0.931 bits per heavy atom. The van der Waals surface area contributed by atoms with Crippen molar-refractivity contribution in [1.82, 2.24) is 0 Å². The number of hydrogen-bond acceptors (Lipinski definition) is 2. The summed E-state index contributed by atoms with van der Waals surface area (Å²) in [7, 11) is 1.49. The third-order valence-electron chi connectivity index (χ3n) is 9.93. The molecule has 0 aromatic heterocycles. The van der Waals surface area contributed by atoms with Crippen LogP contribution in [0.4, 0.5) is 4.39 Å². The minimum absolute atomic E-state index is 0.0669. The lowest BCUT2D eigenvalue weighted by molar-refractivity contribution is -0.141. The van der Waals surface area contributed by atoms with Crippen LogP contribution in [0.25, 0.3) is 0 Å². The molecule has 0 amide bonds. The van der Waals surface area contributed by atoms with Gasteiger partial charge in [0.15, 0.2) is 0 Å². The van der Waals surface area contributed by atoms with Gasteiger partial charge in [-0.25, -0.2) is 4.39 Å². The van der Waals surface area contributed by atoms with E-state index in [0.29, 0.717) is 17.8 Å². The molecule has 8 atom stereocenters. The van der Waals surface area contributed by atoms with Gasteiger partial charge in [0.2, 0.25) is 0 Å². The van der Waals surface area contributed by atoms with Gasteiger partial charge in [-0.2, -0.15) is 0 Å². The summed E-state index contributed by atoms with van der Waals surface area (Å²) in [4.78, 5) is 11.5. The molecule has 0 bridgehead atoms. The number of rotatable bonds is 4. The molecule has 4 aliphatic rings. The summed E-state index contributed by atoms with van der Waals surface area (Å²) in [6, 6.07) is 0. The highest BCUT2D eigenvalue weighted by Crippen LogP contribution is 2.68. The zero-order chi connectivity index (χ0) is 21.2. The second-order valence-corrected chi connectivity index (χ2v) is 10.8. The zero-order valence-electron chi connectivity index (χ0n) is 19.6. The first-order valence-corrected chi connectivity index (χ1v) is 12.6. The van der Waals surface area contributed by atoms with E-state index in [2.05, 4.69) is 13.8 Å². The summed E-state index contributed by atoms with van der Waals surface area (Å²) in [6.07, 6.45) is 13.0. The minimum Gasteiger partial charge on any atom is -0.469 e. The number of carbonyl (C=O) groups excluding carboxylic acids is 1. The Balaban J connectivity index is 0.00000117. The molecule has 0 heterocycles. The molecule has 0 spiro atoms. The lowest BCUT2D eigenvalue weighted by atomic mass is 9.44. The Morgan fingerprint density at radius 3 is 2.34 bits per heavy atom. The van der Waals surface area contributed by atoms with Crippen LogP contribution in [0.2, 0.25) is 0 Å². The molecule has 0 saturated heterocycles. The molecule has 8 unspecified atom stereocenters. The maximum absolute atomic E-state index is 14.7. The van der Waals surface area contributed by atoms with Crippen molar-refractivity contribution >= 4 is 5.97 Å². The number of fused-ring (bicyclic) bond motifs is 5. The van der Waals surface area contributed by atoms with Crippen molar-refractivity contribution in [3.63, 3.8) is 0 Å². The highest BCUT2D eigenvalue weighted by atomic mass is 19.1. The summed E-state index contributed by atoms with van der Waals surface area (Å²) >= 11 is 0. The average molecular weight is 409 g/mol. The summed E-state index contributed by atoms with van der Waals surface area (Å²) in [6.45, 7) is 9.00. The highest BCUT2D eigenvalue weighted by molar-refractivity contribution is 5.68. The van der Waals surface area contributed by atoms with E-state index in [1.165, 1.54) is 52.1 Å². The topological polar surface area (TPSA) is 26.3 Å². The quantitative estimate of drug-likeness (QED) is 0.454. The first-order chi connectivity index (χ1) is 13.9. The first kappa shape index (κ1) is 23.1. The van der Waals surface area contributed by atoms with Gasteiger partial charge in [0.1, 0.15) is 6.17 Å². The van der Waals surface area contributed by atoms with Gasteiger partial charge < -0.3 is 4.74 Å². The van der Waals surface area contributed by atoms with Crippen LogP contribution in [0.15, 0.2) is 0 Å². The van der Waals surface area contributed by atoms with Gasteiger partial charge >= 0.3 is 5.97 Å². The van der Waals surface area contributed by atoms with Gasteiger partial charge in [-0.05, 0) is 111 Å². The van der Waals surface area contributed by atoms with Gasteiger partial charge in [0.05, 0.1) is 7.11 Å². The predicted molar refractivity (Wildman–Crippen MR) is 117 cm³/mol. The van der Waals surface area contributed by atoms with Gasteiger partial charge in [0.25, 0.3) is 0 Å². The van der Waals surface area contributed by atoms with Gasteiger partial charge in [-0.1, -0.05) is 27.7 Å². The number of ether oxygens (including phenoxy) is 1. The van der Waals surface area contributed by atoms with E-state index in [0.717, 1.165) is 49.4 Å². The van der Waals surface area contributed by atoms with E-state index < -0.39 is 6.17 Å². The molecule has 3 heteroatoms. The van der Waals surface area contributed by atoms with E-state index in [1.807, 2.05) is 13.8 Å². The van der Waals surface area contributed by atoms with E-state index in [4.69, 9.17) is 4.74 Å². The van der Waals surface area contributed by atoms with Crippen LogP contribution in [0.3, 0.4) is 0 Å². The molecule has 0 aliphatic heterocycles. The van der Waals surface area contributed by atoms with E-state index in [1.54, 1.807) is 0 Å². The summed E-state index contributed by atoms with van der Waals surface area (Å²) in [5.74, 6) is 3.43. The van der Waals surface area contributed by atoms with Crippen LogP contribution in [0.5, 0.6) is 0 Å². The van der Waals surface area contributed by atoms with E-state index in [9.17, 15) is 9.18 Å². The summed E-state index contributed by atoms with van der Waals surface area (Å²) < 4.78 is 19.5. The fourth-order valence-corrected chi connectivity index (χ4v) is 8.51. The van der Waals surface area contributed by atoms with Crippen molar-refractivity contribution in [2.45, 2.75) is 111 Å². The number of alkyl halides is 1. The standard InChI is InChI=1S/C24H39FO2.C2H6/c1-23-15-13-19-17(10-12-20-21(25)7-5-14-24(19,20)2)18(23)11-9-16(23)6-4-8-22(26)27-3;1-2/h16-21H,4-15H2,1-3H3;1-2H3. The molecule has 0 aromatic rings. The lowest BCUT2D eigenvalue weighted by Gasteiger charge is -2.61. The Hall–Kier alpha value is -0.600. The molecule has 4 rings (SSSR count). The first-order valence-electron chi connectivity index (χ1n) is 12.6. The second-order valence-electron chi connectivity index (χ2n) is 10.8. The molecular weight excluding hydrogens is 363 g/mol. The SMILES string of the molecule is CC.COC(=O)CCCC1CCC2C3CCC4C(F)CCCC4(C)C3CCC12C. The Kier molecular flexibility index (Phi) is 7.37. The van der Waals surface area contributed by atoms with Crippen LogP contribution in [0, 0.1) is 40.4 Å². The van der Waals surface area contributed by atoms with Crippen LogP contribution in [0.1, 0.15) is 105 Å². The van der Waals surface area contributed by atoms with Crippen molar-refractivity contribution < 1.29 is 13.9 Å². The van der Waals surface area contributed by atoms with Crippen molar-refractivity contribution in [3.8, 4) is 0 Å². The van der Waals surface area contributed by atoms with E-state index >= 15 is 0 Å². The van der Waals surface area contributed by atoms with E-state index in [-0.39, 0.29) is 11.4 Å². The minimum atomic E-state index is -0.548. The Morgan fingerprint density at radius 2 is 1.62 bits per heavy atom. The molecule has 29 heavy (non-hydrogen) atoms. The van der Waals surface area contributed by atoms with Crippen LogP contribution in [-0.4, -0.2) is 19.3 Å². The number of esters is 1. The molecule has 4 saturated carbocycles. The fourth-order valence-electron chi connectivity index (χ4n) is 8.51. The molecule has 0 radical (unpaired) electrons. The summed E-state index contributed by atoms with van der Waals surface area (Å²) in [5.41, 5.74) is 0.704. The molecule has 2 nitrogen and oxygen atoms in total. The predicted octanol–water partition coefficient (Wildman–Crippen LogP) is 7.35. The fraction of sp³-hybridized carbons (Fsp3) is 0.962. The molecule has 0 aromatic carbocycles. The Labute approximate surface area is 178 Å². The Bertz CT molecular complexity index is 563. The molecule has 168 valence electrons. The number of methoxy groups -OCH3 is 1. The van der Waals surface area contributed by atoms with Crippen LogP contribution < -0.4 is 0 Å². The average Bonchev–Trinajstić information content (AvgIpc) is 3.05. The van der Waals surface area contributed by atoms with Gasteiger partial charge in [-0.15, -0.1) is 0 Å². The molecule has 4 aliphatic carbocycles. The lowest BCUT2D eigenvalue weighted by Crippen LogP contribution is -2.54. The van der Waals surface area contributed by atoms with Crippen LogP contribution in [-0.2, 0) is 9.53 Å². The number of halogens is 1. The van der Waals surface area contributed by atoms with Crippen molar-refractivity contribution in [2.75, 3.05) is 7.11 Å². The molecule has 4 fully saturated rings. The third kappa shape index (κ3) is 4.01. The van der Waals surface area contributed by atoms with Crippen molar-refractivity contribution in [2.24, 2.45) is 40.4 Å². The maximum Gasteiger partial charge on any atom is 0.305 e. The highest BCUT2D eigenvalue weighted by Gasteiger charge is 2.60. The normalized spacial score (nSPS) is 45.9. The van der Waals surface area contributed by atoms with Crippen molar-refractivity contribution in [1.29, 1.82) is 0 Å². The van der Waals surface area contributed by atoms with Crippen molar-refractivity contribution in [3.05, 3.63) is 0 Å². The van der Waals surface area contributed by atoms with Crippen LogP contribution >= 0.6 is 0 Å². The zero-order valence-corrected chi connectivity index (χ0v) is 19.6.